The number of nitrogens with zero attached hydrogens (tertiary/aromatic N) is 2. The summed E-state index contributed by atoms with van der Waals surface area (Å²) in [7, 11) is 1.78. The molecule has 0 unspecified atom stereocenters. The van der Waals surface area contributed by atoms with Crippen LogP contribution in [0.2, 0.25) is 0 Å². The monoisotopic (exact) mass is 259 g/mol. The molecule has 0 spiro atoms. The molecule has 1 N–H and O–H groups in total. The van der Waals surface area contributed by atoms with Gasteiger partial charge in [0.25, 0.3) is 0 Å². The minimum atomic E-state index is 0.444. The summed E-state index contributed by atoms with van der Waals surface area (Å²) in [6, 6.07) is 3.86. The molecular formula is C7H6IN3. The van der Waals surface area contributed by atoms with Gasteiger partial charge in [0.05, 0.1) is 5.69 Å². The van der Waals surface area contributed by atoms with Crippen LogP contribution < -0.4 is 5.32 Å². The van der Waals surface area contributed by atoms with E-state index in [-0.39, 0.29) is 0 Å². The van der Waals surface area contributed by atoms with E-state index in [9.17, 15) is 0 Å². The zero-order chi connectivity index (χ0) is 8.27. The quantitative estimate of drug-likeness (QED) is 0.779. The second-order valence-electron chi connectivity index (χ2n) is 1.88. The normalized spacial score (nSPS) is 8.82. The minimum absolute atomic E-state index is 0.444. The van der Waals surface area contributed by atoms with Crippen LogP contribution >= 0.6 is 22.6 Å². The van der Waals surface area contributed by atoms with Gasteiger partial charge in [-0.3, -0.25) is 0 Å². The molecule has 0 bridgehead atoms. The van der Waals surface area contributed by atoms with Crippen LogP contribution in [0.1, 0.15) is 5.69 Å². The maximum atomic E-state index is 8.62. The van der Waals surface area contributed by atoms with Crippen molar-refractivity contribution in [3.8, 4) is 6.07 Å². The Hall–Kier alpha value is -0.830. The van der Waals surface area contributed by atoms with Crippen molar-refractivity contribution in [2.24, 2.45) is 0 Å². The van der Waals surface area contributed by atoms with Gasteiger partial charge in [0.2, 0.25) is 0 Å². The topological polar surface area (TPSA) is 48.7 Å². The van der Waals surface area contributed by atoms with Crippen LogP contribution in [0.4, 0.5) is 5.69 Å². The molecule has 1 rings (SSSR count). The van der Waals surface area contributed by atoms with E-state index in [2.05, 4.69) is 32.9 Å². The number of hydrogen-bond donors (Lipinski definition) is 1. The summed E-state index contributed by atoms with van der Waals surface area (Å²) in [6.45, 7) is 0. The first kappa shape index (κ1) is 8.27. The molecule has 3 nitrogen and oxygen atoms in total. The lowest BCUT2D eigenvalue weighted by atomic mass is 10.3. The molecule has 0 aliphatic heterocycles. The molecule has 0 aromatic carbocycles. The van der Waals surface area contributed by atoms with Crippen LogP contribution in [0.25, 0.3) is 0 Å². The zero-order valence-electron chi connectivity index (χ0n) is 5.93. The van der Waals surface area contributed by atoms with Crippen molar-refractivity contribution < 1.29 is 0 Å². The second-order valence-corrected chi connectivity index (χ2v) is 3.04. The van der Waals surface area contributed by atoms with E-state index in [4.69, 9.17) is 5.26 Å². The molecule has 0 saturated carbocycles. The molecule has 0 aliphatic rings. The highest BCUT2D eigenvalue weighted by atomic mass is 127. The number of nitriles is 1. The zero-order valence-corrected chi connectivity index (χ0v) is 8.08. The van der Waals surface area contributed by atoms with Gasteiger partial charge in [-0.05, 0) is 28.7 Å². The Bertz CT molecular complexity index is 303. The maximum absolute atomic E-state index is 8.62. The fourth-order valence-corrected chi connectivity index (χ4v) is 1.45. The molecule has 0 amide bonds. The highest BCUT2D eigenvalue weighted by molar-refractivity contribution is 14.1. The van der Waals surface area contributed by atoms with Gasteiger partial charge in [0, 0.05) is 16.8 Å². The van der Waals surface area contributed by atoms with Crippen molar-refractivity contribution in [3.63, 3.8) is 0 Å². The first-order valence-electron chi connectivity index (χ1n) is 3.02. The van der Waals surface area contributed by atoms with Crippen molar-refractivity contribution in [2.75, 3.05) is 12.4 Å². The van der Waals surface area contributed by atoms with Crippen molar-refractivity contribution in [1.29, 1.82) is 5.26 Å². The largest absolute Gasteiger partial charge is 0.385 e. The van der Waals surface area contributed by atoms with Gasteiger partial charge in [-0.15, -0.1) is 0 Å². The number of aromatic nitrogens is 1. The molecule has 0 fully saturated rings. The Kier molecular flexibility index (Phi) is 2.65. The van der Waals surface area contributed by atoms with E-state index >= 15 is 0 Å². The number of hydrogen-bond acceptors (Lipinski definition) is 3. The van der Waals surface area contributed by atoms with Gasteiger partial charge in [-0.2, -0.15) is 5.26 Å². The number of pyridine rings is 1. The maximum Gasteiger partial charge on any atom is 0.164 e. The molecule has 1 heterocycles. The summed E-state index contributed by atoms with van der Waals surface area (Å²) in [4.78, 5) is 3.90. The summed E-state index contributed by atoms with van der Waals surface area (Å²) in [5.41, 5.74) is 1.25. The molecule has 0 radical (unpaired) electrons. The van der Waals surface area contributed by atoms with Crippen molar-refractivity contribution in [3.05, 3.63) is 21.5 Å². The van der Waals surface area contributed by atoms with Crippen LogP contribution in [0, 0.1) is 14.9 Å². The molecular weight excluding hydrogens is 253 g/mol. The molecule has 56 valence electrons. The van der Waals surface area contributed by atoms with Gasteiger partial charge in [0.15, 0.2) is 5.69 Å². The third-order valence-electron chi connectivity index (χ3n) is 1.26. The standard InChI is InChI=1S/C7H6IN3/c1-10-7-5(8)2-3-11-6(7)4-9/h2-3,10H,1H3. The fraction of sp³-hybridized carbons (Fsp3) is 0.143. The number of nitrogens with one attached hydrogen (secondary N) is 1. The van der Waals surface area contributed by atoms with E-state index in [1.807, 2.05) is 12.1 Å². The predicted octanol–water partition coefficient (Wildman–Crippen LogP) is 1.60. The number of anilines is 1. The van der Waals surface area contributed by atoms with E-state index in [0.29, 0.717) is 5.69 Å². The molecule has 1 aromatic heterocycles. The molecule has 0 aliphatic carbocycles. The van der Waals surface area contributed by atoms with Crippen LogP contribution in [-0.2, 0) is 0 Å². The fourth-order valence-electron chi connectivity index (χ4n) is 0.761. The number of halogens is 1. The first-order valence-corrected chi connectivity index (χ1v) is 4.10. The molecule has 0 saturated heterocycles. The second kappa shape index (κ2) is 3.53. The third-order valence-corrected chi connectivity index (χ3v) is 2.15. The van der Waals surface area contributed by atoms with Crippen molar-refractivity contribution in [2.45, 2.75) is 0 Å². The van der Waals surface area contributed by atoms with E-state index in [1.54, 1.807) is 13.2 Å². The van der Waals surface area contributed by atoms with Crippen LogP contribution in [-0.4, -0.2) is 12.0 Å². The first-order chi connectivity index (χ1) is 5.29. The van der Waals surface area contributed by atoms with Gasteiger partial charge < -0.3 is 5.32 Å². The smallest absolute Gasteiger partial charge is 0.164 e. The van der Waals surface area contributed by atoms with Crippen molar-refractivity contribution >= 4 is 28.3 Å². The lowest BCUT2D eigenvalue weighted by Crippen LogP contribution is -1.97. The average molecular weight is 259 g/mol. The lowest BCUT2D eigenvalue weighted by Gasteiger charge is -2.02. The minimum Gasteiger partial charge on any atom is -0.385 e. The van der Waals surface area contributed by atoms with E-state index in [1.165, 1.54) is 0 Å². The molecule has 4 heteroatoms. The summed E-state index contributed by atoms with van der Waals surface area (Å²) in [6.07, 6.45) is 1.63. The summed E-state index contributed by atoms with van der Waals surface area (Å²) in [5, 5.41) is 11.5. The highest BCUT2D eigenvalue weighted by Crippen LogP contribution is 2.18. The summed E-state index contributed by atoms with van der Waals surface area (Å²) in [5.74, 6) is 0. The van der Waals surface area contributed by atoms with Crippen LogP contribution in [0.5, 0.6) is 0 Å². The Morgan fingerprint density at radius 3 is 2.91 bits per heavy atom. The molecule has 0 atom stereocenters. The van der Waals surface area contributed by atoms with Crippen LogP contribution in [0.3, 0.4) is 0 Å². The van der Waals surface area contributed by atoms with Gasteiger partial charge in [-0.1, -0.05) is 0 Å². The molecule has 1 aromatic rings. The molecule has 11 heavy (non-hydrogen) atoms. The van der Waals surface area contributed by atoms with Crippen LogP contribution in [0.15, 0.2) is 12.3 Å². The van der Waals surface area contributed by atoms with E-state index in [0.717, 1.165) is 9.26 Å². The predicted molar refractivity (Wildman–Crippen MR) is 51.2 cm³/mol. The Balaban J connectivity index is 3.27. The SMILES string of the molecule is CNc1c(I)ccnc1C#N. The average Bonchev–Trinajstić information content (AvgIpc) is 2.04. The Labute approximate surface area is 78.6 Å². The number of rotatable bonds is 1. The highest BCUT2D eigenvalue weighted by Gasteiger charge is 2.03. The van der Waals surface area contributed by atoms with Gasteiger partial charge in [0.1, 0.15) is 6.07 Å². The summed E-state index contributed by atoms with van der Waals surface area (Å²) < 4.78 is 1.01. The third kappa shape index (κ3) is 1.60. The van der Waals surface area contributed by atoms with Gasteiger partial charge >= 0.3 is 0 Å². The Morgan fingerprint density at radius 1 is 1.73 bits per heavy atom. The lowest BCUT2D eigenvalue weighted by molar-refractivity contribution is 1.24. The van der Waals surface area contributed by atoms with E-state index < -0.39 is 0 Å². The van der Waals surface area contributed by atoms with Gasteiger partial charge in [-0.25, -0.2) is 4.98 Å². The van der Waals surface area contributed by atoms with Crippen molar-refractivity contribution in [1.82, 2.24) is 4.98 Å². The Morgan fingerprint density at radius 2 is 2.45 bits per heavy atom. The summed E-state index contributed by atoms with van der Waals surface area (Å²) >= 11 is 2.16.